The number of rotatable bonds is 11. The van der Waals surface area contributed by atoms with Crippen LogP contribution < -0.4 is 10.1 Å². The highest BCUT2D eigenvalue weighted by atomic mass is 32.1. The molecule has 0 bridgehead atoms. The second kappa shape index (κ2) is 15.5. The quantitative estimate of drug-likeness (QED) is 0.176. The molecular formula is C49H76N4O3S. The monoisotopic (exact) mass is 801 g/mol. The Morgan fingerprint density at radius 2 is 1.72 bits per heavy atom. The predicted octanol–water partition coefficient (Wildman–Crippen LogP) is 10.9. The minimum Gasteiger partial charge on any atom is -0.475 e. The van der Waals surface area contributed by atoms with E-state index < -0.39 is 5.41 Å². The van der Waals surface area contributed by atoms with Crippen molar-refractivity contribution in [3.8, 4) is 5.88 Å². The van der Waals surface area contributed by atoms with E-state index >= 15 is 0 Å². The molecule has 7 nitrogen and oxygen atoms in total. The predicted molar refractivity (Wildman–Crippen MR) is 232 cm³/mol. The van der Waals surface area contributed by atoms with Crippen LogP contribution in [-0.2, 0) is 9.53 Å². The van der Waals surface area contributed by atoms with Crippen molar-refractivity contribution in [2.45, 2.75) is 157 Å². The minimum atomic E-state index is -0.701. The highest BCUT2D eigenvalue weighted by Gasteiger charge is 2.70. The first-order valence-electron chi connectivity index (χ1n) is 23.3. The van der Waals surface area contributed by atoms with Crippen LogP contribution in [0.2, 0.25) is 0 Å². The molecule has 1 saturated heterocycles. The van der Waals surface area contributed by atoms with Gasteiger partial charge in [-0.1, -0.05) is 65.3 Å². The number of carbonyl (C=O) groups is 1. The van der Waals surface area contributed by atoms with E-state index in [9.17, 15) is 4.79 Å². The van der Waals surface area contributed by atoms with Crippen LogP contribution in [0.15, 0.2) is 35.5 Å². The molecule has 0 aromatic carbocycles. The number of piperidine rings is 1. The average Bonchev–Trinajstić information content (AvgIpc) is 3.78. The van der Waals surface area contributed by atoms with Gasteiger partial charge in [-0.2, -0.15) is 4.37 Å². The summed E-state index contributed by atoms with van der Waals surface area (Å²) < 4.78 is 20.4. The molecule has 0 spiro atoms. The van der Waals surface area contributed by atoms with Gasteiger partial charge in [0.25, 0.3) is 0 Å². The molecule has 0 radical (unpaired) electrons. The number of hydrogen-bond donors (Lipinski definition) is 1. The summed E-state index contributed by atoms with van der Waals surface area (Å²) in [6, 6.07) is 0. The molecule has 10 atom stereocenters. The molecule has 5 fully saturated rings. The maximum atomic E-state index is 13.5. The topological polar surface area (TPSA) is 76.6 Å². The molecular weight excluding hydrogens is 725 g/mol. The molecule has 2 heterocycles. The van der Waals surface area contributed by atoms with Crippen LogP contribution in [0.3, 0.4) is 0 Å². The van der Waals surface area contributed by atoms with Crippen LogP contribution in [0.5, 0.6) is 5.88 Å². The van der Waals surface area contributed by atoms with E-state index in [-0.39, 0.29) is 28.9 Å². The van der Waals surface area contributed by atoms with Crippen LogP contribution >= 0.6 is 11.7 Å². The number of allylic oxidation sites excluding steroid dienone is 5. The van der Waals surface area contributed by atoms with Gasteiger partial charge in [-0.25, -0.2) is 0 Å². The van der Waals surface area contributed by atoms with Crippen molar-refractivity contribution in [3.63, 3.8) is 0 Å². The number of hydrogen-bond acceptors (Lipinski definition) is 8. The van der Waals surface area contributed by atoms with Gasteiger partial charge in [0.1, 0.15) is 17.7 Å². The van der Waals surface area contributed by atoms with Crippen molar-refractivity contribution in [2.24, 2.45) is 56.7 Å². The van der Waals surface area contributed by atoms with Crippen molar-refractivity contribution in [2.75, 3.05) is 39.4 Å². The number of nitrogens with zero attached hydrogens (tertiary/aromatic N) is 3. The Labute approximate surface area is 350 Å². The van der Waals surface area contributed by atoms with Crippen molar-refractivity contribution in [3.05, 3.63) is 41.1 Å². The van der Waals surface area contributed by atoms with E-state index in [4.69, 9.17) is 9.47 Å². The molecule has 57 heavy (non-hydrogen) atoms. The Bertz CT molecular complexity index is 1740. The minimum absolute atomic E-state index is 0.0677. The molecule has 1 unspecified atom stereocenters. The van der Waals surface area contributed by atoms with Crippen molar-refractivity contribution in [1.82, 2.24) is 19.0 Å². The highest BCUT2D eigenvalue weighted by molar-refractivity contribution is 6.99. The molecule has 0 amide bonds. The van der Waals surface area contributed by atoms with Gasteiger partial charge in [0.2, 0.25) is 5.88 Å². The Morgan fingerprint density at radius 1 is 0.930 bits per heavy atom. The largest absolute Gasteiger partial charge is 0.475 e. The summed E-state index contributed by atoms with van der Waals surface area (Å²) >= 11 is 1.15. The number of ether oxygens (including phenoxy) is 2. The van der Waals surface area contributed by atoms with Crippen molar-refractivity contribution in [1.29, 1.82) is 0 Å². The maximum Gasteiger partial charge on any atom is 0.315 e. The van der Waals surface area contributed by atoms with Gasteiger partial charge in [-0.15, -0.1) is 4.37 Å². The zero-order valence-electron chi connectivity index (χ0n) is 37.1. The molecule has 8 rings (SSSR count). The standard InChI is InChI=1S/C49H76N4O3S/c1-10-55-43(54)48(32-56-42-34(4)51-57-52-42)23-16-35(17-24-48)37-19-21-45(7)39(44(37,5)6)20-22-47(9)40(45)15-14-38-41-36(33(2)3)18-25-49(41,27-26-46(38,47)8)50-28-31-53-29-12-11-13-30-53/h16,19,36,38-41,50H,2,10-15,17-18,20-32H2,1,3-9H3/t36-,38+,39-,40+,41+,45-,46+,47+,48?,49-/m0/s1. The normalized spacial score (nSPS) is 41.4. The summed E-state index contributed by atoms with van der Waals surface area (Å²) in [5.41, 5.74) is 5.79. The van der Waals surface area contributed by atoms with Crippen LogP contribution in [0, 0.1) is 63.6 Å². The number of aromatic nitrogens is 2. The third-order valence-corrected chi connectivity index (χ3v) is 19.4. The average molecular weight is 801 g/mol. The number of esters is 1. The van der Waals surface area contributed by atoms with Gasteiger partial charge in [-0.3, -0.25) is 4.79 Å². The van der Waals surface area contributed by atoms with Gasteiger partial charge >= 0.3 is 5.97 Å². The third-order valence-electron chi connectivity index (χ3n) is 18.8. The summed E-state index contributed by atoms with van der Waals surface area (Å²) in [6.45, 7) is 29.8. The number of aryl methyl sites for hydroxylation is 1. The smallest absolute Gasteiger partial charge is 0.315 e. The maximum absolute atomic E-state index is 13.5. The lowest BCUT2D eigenvalue weighted by Crippen LogP contribution is -2.68. The first kappa shape index (κ1) is 41.7. The summed E-state index contributed by atoms with van der Waals surface area (Å²) in [5.74, 6) is 3.86. The Hall–Kier alpha value is -2.03. The molecule has 1 aromatic rings. The van der Waals surface area contributed by atoms with Crippen LogP contribution in [0.1, 0.15) is 150 Å². The van der Waals surface area contributed by atoms with E-state index in [1.807, 2.05) is 13.8 Å². The Morgan fingerprint density at radius 3 is 2.40 bits per heavy atom. The SMILES string of the molecule is C=C(C)[C@@H]1CC[C@]2(NCCN3CCCCC3)CC[C@]3(C)[C@H](CC[C@@H]4[C@@]5(C)CC=C(C6=CCC(COc7nsnc7C)(C(=O)OCC)CC6)C(C)(C)[C@@H]5CC[C@]43C)[C@@H]12. The highest BCUT2D eigenvalue weighted by Crippen LogP contribution is 2.76. The zero-order valence-corrected chi connectivity index (χ0v) is 37.9. The van der Waals surface area contributed by atoms with E-state index in [0.717, 1.165) is 55.1 Å². The van der Waals surface area contributed by atoms with E-state index in [1.165, 1.54) is 101 Å². The molecule has 1 aromatic heterocycles. The third kappa shape index (κ3) is 6.75. The van der Waals surface area contributed by atoms with Crippen molar-refractivity contribution < 1.29 is 14.3 Å². The van der Waals surface area contributed by atoms with E-state index in [0.29, 0.717) is 47.5 Å². The van der Waals surface area contributed by atoms with Gasteiger partial charge in [-0.05, 0) is 186 Å². The molecule has 6 aliphatic carbocycles. The van der Waals surface area contributed by atoms with Gasteiger partial charge in [0, 0.05) is 18.6 Å². The van der Waals surface area contributed by atoms with Gasteiger partial charge in [0.15, 0.2) is 0 Å². The number of nitrogens with one attached hydrogen (secondary N) is 1. The summed E-state index contributed by atoms with van der Waals surface area (Å²) in [5, 5.41) is 4.36. The summed E-state index contributed by atoms with van der Waals surface area (Å²) in [6.07, 6.45) is 23.3. The lowest BCUT2D eigenvalue weighted by molar-refractivity contribution is -0.221. The molecule has 7 aliphatic rings. The van der Waals surface area contributed by atoms with Crippen LogP contribution in [0.25, 0.3) is 0 Å². The fourth-order valence-corrected chi connectivity index (χ4v) is 16.1. The Balaban J connectivity index is 1.03. The first-order valence-corrected chi connectivity index (χ1v) is 24.0. The fraction of sp³-hybridized carbons (Fsp3) is 0.816. The molecule has 8 heteroatoms. The lowest BCUT2D eigenvalue weighted by atomic mass is 9.33. The fourth-order valence-electron chi connectivity index (χ4n) is 15.6. The van der Waals surface area contributed by atoms with E-state index in [1.54, 1.807) is 5.57 Å². The van der Waals surface area contributed by atoms with E-state index in [2.05, 4.69) is 79.2 Å². The van der Waals surface area contributed by atoms with Crippen LogP contribution in [-0.4, -0.2) is 64.5 Å². The summed E-state index contributed by atoms with van der Waals surface area (Å²) in [4.78, 5) is 16.3. The number of likely N-dealkylation sites (tertiary alicyclic amines) is 1. The zero-order chi connectivity index (χ0) is 40.4. The number of fused-ring (bicyclic) bond motifs is 7. The molecule has 1 N–H and O–H groups in total. The molecule has 1 aliphatic heterocycles. The second-order valence-electron chi connectivity index (χ2n) is 21.6. The molecule has 4 saturated carbocycles. The lowest BCUT2D eigenvalue weighted by Gasteiger charge is -2.72. The second-order valence-corrected chi connectivity index (χ2v) is 22.1. The molecule has 316 valence electrons. The first-order chi connectivity index (χ1) is 27.1. The summed E-state index contributed by atoms with van der Waals surface area (Å²) in [7, 11) is 0. The number of carbonyl (C=O) groups excluding carboxylic acids is 1. The Kier molecular flexibility index (Phi) is 11.3. The van der Waals surface area contributed by atoms with Gasteiger partial charge < -0.3 is 19.7 Å². The van der Waals surface area contributed by atoms with Crippen molar-refractivity contribution >= 4 is 17.7 Å². The van der Waals surface area contributed by atoms with Crippen LogP contribution in [0.4, 0.5) is 0 Å². The van der Waals surface area contributed by atoms with Gasteiger partial charge in [0.05, 0.1) is 18.3 Å².